The first-order valence-electron chi connectivity index (χ1n) is 4.98. The summed E-state index contributed by atoms with van der Waals surface area (Å²) in [5.41, 5.74) is 1.19. The van der Waals surface area contributed by atoms with Crippen LogP contribution in [0.4, 0.5) is 0 Å². The molecule has 0 aromatic carbocycles. The van der Waals surface area contributed by atoms with E-state index in [0.717, 1.165) is 10.4 Å². The number of hydrogen-bond acceptors (Lipinski definition) is 7. The molecule has 0 saturated carbocycles. The summed E-state index contributed by atoms with van der Waals surface area (Å²) < 4.78 is 5.36. The van der Waals surface area contributed by atoms with Gasteiger partial charge in [0.05, 0.1) is 11.5 Å². The van der Waals surface area contributed by atoms with Crippen molar-refractivity contribution >= 4 is 22.9 Å². The minimum atomic E-state index is -0.0737. The summed E-state index contributed by atoms with van der Waals surface area (Å²) in [5, 5.41) is 18.7. The second kappa shape index (κ2) is 5.65. The van der Waals surface area contributed by atoms with Gasteiger partial charge in [0.2, 0.25) is 0 Å². The van der Waals surface area contributed by atoms with E-state index in [1.165, 1.54) is 18.4 Å². The van der Waals surface area contributed by atoms with Gasteiger partial charge in [-0.15, -0.1) is 11.3 Å². The summed E-state index contributed by atoms with van der Waals surface area (Å²) in [6, 6.07) is 1.81. The van der Waals surface area contributed by atoms with Gasteiger partial charge in [-0.25, -0.2) is 0 Å². The highest BCUT2D eigenvalue weighted by atomic mass is 32.1. The van der Waals surface area contributed by atoms with Crippen LogP contribution >= 0.6 is 11.3 Å². The molecule has 2 rings (SSSR count). The molecule has 7 heteroatoms. The maximum Gasteiger partial charge on any atom is 0.281 e. The Labute approximate surface area is 102 Å². The number of oxime groups is 2. The fourth-order valence-electron chi connectivity index (χ4n) is 1.35. The number of hydrogen-bond donors (Lipinski definition) is 1. The Hall–Kier alpha value is -1.60. The van der Waals surface area contributed by atoms with Crippen LogP contribution in [0.5, 0.6) is 0 Å². The van der Waals surface area contributed by atoms with Crippen LogP contribution in [0.25, 0.3) is 0 Å². The molecule has 0 aliphatic carbocycles. The summed E-state index contributed by atoms with van der Waals surface area (Å²) >= 11 is 1.43. The Balaban J connectivity index is 2.35. The minimum absolute atomic E-state index is 0.0737. The average Bonchev–Trinajstić information content (AvgIpc) is 2.85. The smallest absolute Gasteiger partial charge is 0.281 e. The number of aliphatic hydroxyl groups is 1. The fourth-order valence-corrected chi connectivity index (χ4v) is 2.24. The topological polar surface area (TPSA) is 72.6 Å². The van der Waals surface area contributed by atoms with Crippen molar-refractivity contribution in [3.8, 4) is 0 Å². The summed E-state index contributed by atoms with van der Waals surface area (Å²) in [6.45, 7) is 0.762. The van der Waals surface area contributed by atoms with Crippen molar-refractivity contribution in [1.29, 1.82) is 0 Å². The Morgan fingerprint density at radius 2 is 2.53 bits per heavy atom. The normalized spacial score (nSPS) is 15.9. The van der Waals surface area contributed by atoms with Crippen molar-refractivity contribution < 1.29 is 19.5 Å². The molecule has 0 fully saturated rings. The van der Waals surface area contributed by atoms with Crippen LogP contribution in [0, 0.1) is 0 Å². The monoisotopic (exact) mass is 256 g/mol. The molecule has 92 valence electrons. The van der Waals surface area contributed by atoms with E-state index in [1.54, 1.807) is 0 Å². The third kappa shape index (κ3) is 2.56. The fraction of sp³-hybridized carbons (Fsp3) is 0.400. The first-order chi connectivity index (χ1) is 8.36. The molecule has 0 radical (unpaired) electrons. The molecule has 0 amide bonds. The van der Waals surface area contributed by atoms with Crippen molar-refractivity contribution in [3.05, 3.63) is 21.9 Å². The van der Waals surface area contributed by atoms with E-state index in [4.69, 9.17) is 14.4 Å². The molecular formula is C10H12N2O4S. The highest BCUT2D eigenvalue weighted by molar-refractivity contribution is 7.13. The molecule has 1 aliphatic rings. The van der Waals surface area contributed by atoms with Gasteiger partial charge >= 0.3 is 0 Å². The lowest BCUT2D eigenvalue weighted by atomic mass is 10.2. The Kier molecular flexibility index (Phi) is 3.94. The lowest BCUT2D eigenvalue weighted by Gasteiger charge is -2.14. The Bertz CT molecular complexity index is 441. The predicted octanol–water partition coefficient (Wildman–Crippen LogP) is 0.951. The predicted molar refractivity (Wildman–Crippen MR) is 63.1 cm³/mol. The van der Waals surface area contributed by atoms with Crippen LogP contribution in [0.1, 0.15) is 10.4 Å². The largest absolute Gasteiger partial charge is 0.470 e. The second-order valence-corrected chi connectivity index (χ2v) is 4.05. The maximum atomic E-state index is 9.22. The molecule has 1 aromatic rings. The lowest BCUT2D eigenvalue weighted by molar-refractivity contribution is 0.0672. The van der Waals surface area contributed by atoms with Crippen LogP contribution in [-0.2, 0) is 21.0 Å². The molecule has 1 N–H and O–H groups in total. The molecule has 0 atom stereocenters. The van der Waals surface area contributed by atoms with Crippen molar-refractivity contribution in [2.24, 2.45) is 10.3 Å². The SMILES string of the molecule is CO/N=C(/C1=NOCCO1)c1sccc1CO. The van der Waals surface area contributed by atoms with Gasteiger partial charge in [-0.05, 0) is 22.2 Å². The minimum Gasteiger partial charge on any atom is -0.470 e. The maximum absolute atomic E-state index is 9.22. The summed E-state index contributed by atoms with van der Waals surface area (Å²) in [4.78, 5) is 10.5. The van der Waals surface area contributed by atoms with E-state index in [1.807, 2.05) is 11.4 Å². The van der Waals surface area contributed by atoms with E-state index in [0.29, 0.717) is 18.9 Å². The van der Waals surface area contributed by atoms with Gasteiger partial charge in [0.15, 0.2) is 12.3 Å². The molecule has 0 saturated heterocycles. The second-order valence-electron chi connectivity index (χ2n) is 3.13. The number of rotatable bonds is 4. The van der Waals surface area contributed by atoms with Gasteiger partial charge in [-0.1, -0.05) is 5.16 Å². The van der Waals surface area contributed by atoms with Crippen LogP contribution in [-0.4, -0.2) is 37.0 Å². The zero-order valence-electron chi connectivity index (χ0n) is 9.25. The highest BCUT2D eigenvalue weighted by Gasteiger charge is 2.22. The molecule has 17 heavy (non-hydrogen) atoms. The lowest BCUT2D eigenvalue weighted by Crippen LogP contribution is -2.25. The molecular weight excluding hydrogens is 244 g/mol. The average molecular weight is 256 g/mol. The van der Waals surface area contributed by atoms with Crippen LogP contribution in [0.15, 0.2) is 21.8 Å². The Morgan fingerprint density at radius 3 is 3.18 bits per heavy atom. The van der Waals surface area contributed by atoms with E-state index >= 15 is 0 Å². The summed E-state index contributed by atoms with van der Waals surface area (Å²) in [5.74, 6) is 0.273. The third-order valence-corrected chi connectivity index (χ3v) is 3.04. The zero-order chi connectivity index (χ0) is 12.1. The molecule has 6 nitrogen and oxygen atoms in total. The van der Waals surface area contributed by atoms with Crippen LogP contribution < -0.4 is 0 Å². The van der Waals surface area contributed by atoms with Crippen molar-refractivity contribution in [2.75, 3.05) is 20.3 Å². The first kappa shape index (κ1) is 11.9. The van der Waals surface area contributed by atoms with Gasteiger partial charge in [0.25, 0.3) is 5.90 Å². The van der Waals surface area contributed by atoms with Crippen LogP contribution in [0.3, 0.4) is 0 Å². The molecule has 2 heterocycles. The van der Waals surface area contributed by atoms with E-state index < -0.39 is 0 Å². The molecule has 1 aromatic heterocycles. The number of ether oxygens (including phenoxy) is 1. The number of thiophene rings is 1. The molecule has 0 spiro atoms. The van der Waals surface area contributed by atoms with E-state index in [9.17, 15) is 5.11 Å². The number of nitrogens with zero attached hydrogens (tertiary/aromatic N) is 2. The van der Waals surface area contributed by atoms with E-state index in [-0.39, 0.29) is 12.5 Å². The van der Waals surface area contributed by atoms with E-state index in [2.05, 4.69) is 10.3 Å². The quantitative estimate of drug-likeness (QED) is 0.643. The Morgan fingerprint density at radius 1 is 1.65 bits per heavy atom. The van der Waals surface area contributed by atoms with Gasteiger partial charge < -0.3 is 19.5 Å². The highest BCUT2D eigenvalue weighted by Crippen LogP contribution is 2.20. The van der Waals surface area contributed by atoms with Crippen molar-refractivity contribution in [3.63, 3.8) is 0 Å². The van der Waals surface area contributed by atoms with Crippen LogP contribution in [0.2, 0.25) is 0 Å². The van der Waals surface area contributed by atoms with Gasteiger partial charge in [0, 0.05) is 0 Å². The molecule has 0 unspecified atom stereocenters. The van der Waals surface area contributed by atoms with Crippen molar-refractivity contribution in [1.82, 2.24) is 0 Å². The van der Waals surface area contributed by atoms with Gasteiger partial charge in [-0.3, -0.25) is 0 Å². The molecule has 0 bridgehead atoms. The first-order valence-corrected chi connectivity index (χ1v) is 5.86. The standard InChI is InChI=1S/C10H12N2O4S/c1-14-11-8(10-12-16-4-3-15-10)9-7(6-13)2-5-17-9/h2,5,13H,3-4,6H2,1H3/b11-8+. The third-order valence-electron chi connectivity index (χ3n) is 2.08. The summed E-state index contributed by atoms with van der Waals surface area (Å²) in [7, 11) is 1.44. The number of aliphatic hydroxyl groups excluding tert-OH is 1. The zero-order valence-corrected chi connectivity index (χ0v) is 10.1. The molecule has 1 aliphatic heterocycles. The van der Waals surface area contributed by atoms with Gasteiger partial charge in [0.1, 0.15) is 13.7 Å². The van der Waals surface area contributed by atoms with Crippen molar-refractivity contribution in [2.45, 2.75) is 6.61 Å². The van der Waals surface area contributed by atoms with Gasteiger partial charge in [-0.2, -0.15) is 0 Å². The summed E-state index contributed by atoms with van der Waals surface area (Å²) in [6.07, 6.45) is 0.